The number of rotatable bonds is 6. The maximum absolute atomic E-state index is 12.8. The Bertz CT molecular complexity index is 1120. The highest BCUT2D eigenvalue weighted by molar-refractivity contribution is 5.95. The van der Waals surface area contributed by atoms with Crippen LogP contribution in [0, 0.1) is 17.0 Å². The third kappa shape index (κ3) is 4.42. The van der Waals surface area contributed by atoms with Crippen molar-refractivity contribution in [2.45, 2.75) is 13.5 Å². The number of benzene rings is 2. The molecule has 11 heteroatoms. The predicted molar refractivity (Wildman–Crippen MR) is 115 cm³/mol. The smallest absolute Gasteiger partial charge is 0.273 e. The van der Waals surface area contributed by atoms with Gasteiger partial charge in [-0.3, -0.25) is 19.8 Å². The summed E-state index contributed by atoms with van der Waals surface area (Å²) in [6.45, 7) is 4.53. The molecule has 0 saturated carbocycles. The maximum Gasteiger partial charge on any atom is 0.273 e. The largest absolute Gasteiger partial charge is 0.497 e. The summed E-state index contributed by atoms with van der Waals surface area (Å²) in [6, 6.07) is 12.1. The van der Waals surface area contributed by atoms with Crippen molar-refractivity contribution >= 4 is 11.6 Å². The Labute approximate surface area is 184 Å². The number of tetrazole rings is 1. The van der Waals surface area contributed by atoms with Crippen molar-refractivity contribution in [1.29, 1.82) is 0 Å². The zero-order chi connectivity index (χ0) is 22.7. The van der Waals surface area contributed by atoms with Crippen molar-refractivity contribution in [3.8, 4) is 11.4 Å². The molecular weight excluding hydrogens is 414 g/mol. The van der Waals surface area contributed by atoms with E-state index >= 15 is 0 Å². The van der Waals surface area contributed by atoms with Crippen LogP contribution in [0.4, 0.5) is 5.69 Å². The zero-order valence-electron chi connectivity index (χ0n) is 17.8. The first kappa shape index (κ1) is 21.4. The second kappa shape index (κ2) is 9.10. The standard InChI is InChI=1S/C21H23N7O4/c1-15-3-4-16(13-19(15)28(30)31)21(29)26-11-9-25(10-12-26)14-20-22-23-24-27(20)17-5-7-18(32-2)8-6-17/h3-8,13H,9-12,14H2,1-2H3. The highest BCUT2D eigenvalue weighted by Gasteiger charge is 2.25. The Hall–Kier alpha value is -3.86. The molecule has 166 valence electrons. The lowest BCUT2D eigenvalue weighted by Crippen LogP contribution is -2.48. The molecule has 1 aliphatic rings. The number of methoxy groups -OCH3 is 1. The monoisotopic (exact) mass is 437 g/mol. The first-order valence-corrected chi connectivity index (χ1v) is 10.1. The van der Waals surface area contributed by atoms with Gasteiger partial charge in [-0.25, -0.2) is 0 Å². The summed E-state index contributed by atoms with van der Waals surface area (Å²) in [4.78, 5) is 27.4. The van der Waals surface area contributed by atoms with Crippen molar-refractivity contribution in [1.82, 2.24) is 30.0 Å². The van der Waals surface area contributed by atoms with E-state index in [1.54, 1.807) is 35.7 Å². The van der Waals surface area contributed by atoms with Crippen LogP contribution in [-0.4, -0.2) is 74.1 Å². The highest BCUT2D eigenvalue weighted by Crippen LogP contribution is 2.21. The molecule has 1 saturated heterocycles. The Balaban J connectivity index is 1.39. The summed E-state index contributed by atoms with van der Waals surface area (Å²) >= 11 is 0. The second-order valence-corrected chi connectivity index (χ2v) is 7.53. The van der Waals surface area contributed by atoms with Gasteiger partial charge in [0, 0.05) is 43.4 Å². The second-order valence-electron chi connectivity index (χ2n) is 7.53. The number of piperazine rings is 1. The SMILES string of the molecule is COc1ccc(-n2nnnc2CN2CCN(C(=O)c3ccc(C)c([N+](=O)[O-])c3)CC2)cc1. The molecule has 2 aromatic carbocycles. The van der Waals surface area contributed by atoms with Gasteiger partial charge in [-0.2, -0.15) is 4.68 Å². The van der Waals surface area contributed by atoms with Gasteiger partial charge >= 0.3 is 0 Å². The fourth-order valence-corrected chi connectivity index (χ4v) is 3.66. The number of carbonyl (C=O) groups excluding carboxylic acids is 1. The Morgan fingerprint density at radius 3 is 2.50 bits per heavy atom. The van der Waals surface area contributed by atoms with Gasteiger partial charge in [0.1, 0.15) is 5.75 Å². The normalized spacial score (nSPS) is 14.4. The molecule has 0 spiro atoms. The number of hydrogen-bond acceptors (Lipinski definition) is 8. The highest BCUT2D eigenvalue weighted by atomic mass is 16.6. The average Bonchev–Trinajstić information content (AvgIpc) is 3.27. The predicted octanol–water partition coefficient (Wildman–Crippen LogP) is 1.85. The lowest BCUT2D eigenvalue weighted by molar-refractivity contribution is -0.385. The lowest BCUT2D eigenvalue weighted by atomic mass is 10.1. The average molecular weight is 437 g/mol. The minimum atomic E-state index is -0.461. The summed E-state index contributed by atoms with van der Waals surface area (Å²) in [6.07, 6.45) is 0. The van der Waals surface area contributed by atoms with Crippen molar-refractivity contribution in [2.75, 3.05) is 33.3 Å². The first-order valence-electron chi connectivity index (χ1n) is 10.1. The van der Waals surface area contributed by atoms with Gasteiger partial charge in [-0.1, -0.05) is 6.07 Å². The van der Waals surface area contributed by atoms with Crippen LogP contribution in [-0.2, 0) is 6.54 Å². The Morgan fingerprint density at radius 1 is 1.12 bits per heavy atom. The number of amides is 1. The number of hydrogen-bond donors (Lipinski definition) is 0. The van der Waals surface area contributed by atoms with Gasteiger partial charge < -0.3 is 9.64 Å². The van der Waals surface area contributed by atoms with E-state index in [-0.39, 0.29) is 11.6 Å². The molecule has 1 fully saturated rings. The Morgan fingerprint density at radius 2 is 1.84 bits per heavy atom. The molecule has 0 N–H and O–H groups in total. The number of ether oxygens (including phenoxy) is 1. The maximum atomic E-state index is 12.8. The fourth-order valence-electron chi connectivity index (χ4n) is 3.66. The molecule has 32 heavy (non-hydrogen) atoms. The molecule has 1 aliphatic heterocycles. The van der Waals surface area contributed by atoms with E-state index in [9.17, 15) is 14.9 Å². The fraction of sp³-hybridized carbons (Fsp3) is 0.333. The summed E-state index contributed by atoms with van der Waals surface area (Å²) in [5.74, 6) is 1.25. The molecule has 0 radical (unpaired) electrons. The number of aryl methyl sites for hydroxylation is 1. The van der Waals surface area contributed by atoms with E-state index in [0.29, 0.717) is 49.7 Å². The van der Waals surface area contributed by atoms with Crippen molar-refractivity contribution in [3.05, 3.63) is 69.5 Å². The van der Waals surface area contributed by atoms with Crippen LogP contribution in [0.25, 0.3) is 5.69 Å². The molecule has 0 unspecified atom stereocenters. The minimum Gasteiger partial charge on any atom is -0.497 e. The quantitative estimate of drug-likeness (QED) is 0.423. The molecule has 1 amide bonds. The molecule has 1 aromatic heterocycles. The van der Waals surface area contributed by atoms with E-state index in [2.05, 4.69) is 20.4 Å². The van der Waals surface area contributed by atoms with Crippen LogP contribution < -0.4 is 4.74 Å². The van der Waals surface area contributed by atoms with Crippen LogP contribution in [0.15, 0.2) is 42.5 Å². The molecular formula is C21H23N7O4. The van der Waals surface area contributed by atoms with E-state index in [1.807, 2.05) is 24.3 Å². The van der Waals surface area contributed by atoms with Gasteiger partial charge in [0.15, 0.2) is 5.82 Å². The number of aromatic nitrogens is 4. The molecule has 2 heterocycles. The van der Waals surface area contributed by atoms with Crippen LogP contribution in [0.3, 0.4) is 0 Å². The lowest BCUT2D eigenvalue weighted by Gasteiger charge is -2.34. The molecule has 0 bridgehead atoms. The minimum absolute atomic E-state index is 0.0418. The molecule has 4 rings (SSSR count). The van der Waals surface area contributed by atoms with Gasteiger partial charge in [0.05, 0.1) is 24.3 Å². The van der Waals surface area contributed by atoms with E-state index in [4.69, 9.17) is 4.74 Å². The zero-order valence-corrected chi connectivity index (χ0v) is 17.8. The van der Waals surface area contributed by atoms with Gasteiger partial charge in [-0.15, -0.1) is 5.10 Å². The van der Waals surface area contributed by atoms with Crippen LogP contribution in [0.2, 0.25) is 0 Å². The number of nitro groups is 1. The van der Waals surface area contributed by atoms with Gasteiger partial charge in [0.25, 0.3) is 11.6 Å². The number of carbonyl (C=O) groups is 1. The first-order chi connectivity index (χ1) is 15.5. The van der Waals surface area contributed by atoms with Gasteiger partial charge in [-0.05, 0) is 47.7 Å². The Kier molecular flexibility index (Phi) is 6.08. The van der Waals surface area contributed by atoms with Crippen molar-refractivity contribution < 1.29 is 14.5 Å². The summed E-state index contributed by atoms with van der Waals surface area (Å²) in [5.41, 5.74) is 1.66. The van der Waals surface area contributed by atoms with Crippen LogP contribution >= 0.6 is 0 Å². The van der Waals surface area contributed by atoms with Crippen molar-refractivity contribution in [3.63, 3.8) is 0 Å². The van der Waals surface area contributed by atoms with Crippen molar-refractivity contribution in [2.24, 2.45) is 0 Å². The summed E-state index contributed by atoms with van der Waals surface area (Å²) in [5, 5.41) is 23.2. The van der Waals surface area contributed by atoms with Gasteiger partial charge in [0.2, 0.25) is 0 Å². The van der Waals surface area contributed by atoms with E-state index in [1.165, 1.54) is 6.07 Å². The summed E-state index contributed by atoms with van der Waals surface area (Å²) < 4.78 is 6.87. The number of nitrogens with zero attached hydrogens (tertiary/aromatic N) is 7. The topological polar surface area (TPSA) is 120 Å². The molecule has 3 aromatic rings. The van der Waals surface area contributed by atoms with Crippen LogP contribution in [0.1, 0.15) is 21.7 Å². The van der Waals surface area contributed by atoms with E-state index < -0.39 is 4.92 Å². The molecule has 11 nitrogen and oxygen atoms in total. The number of nitro benzene ring substituents is 1. The third-order valence-corrected chi connectivity index (χ3v) is 5.53. The van der Waals surface area contributed by atoms with Crippen LogP contribution in [0.5, 0.6) is 5.75 Å². The third-order valence-electron chi connectivity index (χ3n) is 5.53. The summed E-state index contributed by atoms with van der Waals surface area (Å²) in [7, 11) is 1.61. The van der Waals surface area contributed by atoms with E-state index in [0.717, 1.165) is 11.4 Å². The molecule has 0 atom stereocenters. The molecule has 0 aliphatic carbocycles.